The van der Waals surface area contributed by atoms with E-state index in [2.05, 4.69) is 10.6 Å². The van der Waals surface area contributed by atoms with Gasteiger partial charge in [0.25, 0.3) is 11.8 Å². The molecule has 0 aliphatic heterocycles. The number of nitrogens with one attached hydrogen (secondary N) is 3. The van der Waals surface area contributed by atoms with E-state index in [-0.39, 0.29) is 30.8 Å². The van der Waals surface area contributed by atoms with E-state index in [1.54, 1.807) is 50.5 Å². The Balaban J connectivity index is 1.82. The lowest BCUT2D eigenvalue weighted by Crippen LogP contribution is -3.08. The predicted molar refractivity (Wildman–Crippen MR) is 113 cm³/mol. The Morgan fingerprint density at radius 2 is 1.72 bits per heavy atom. The molecule has 154 valence electrons. The van der Waals surface area contributed by atoms with Crippen LogP contribution in [0.2, 0.25) is 5.02 Å². The minimum Gasteiger partial charge on any atom is -0.355 e. The van der Waals surface area contributed by atoms with Crippen molar-refractivity contribution in [3.05, 3.63) is 64.7 Å². The second kappa shape index (κ2) is 10.6. The average Bonchev–Trinajstić information content (AvgIpc) is 2.69. The van der Waals surface area contributed by atoms with E-state index in [9.17, 15) is 14.4 Å². The van der Waals surface area contributed by atoms with Crippen molar-refractivity contribution < 1.29 is 19.3 Å². The highest BCUT2D eigenvalue weighted by Gasteiger charge is 2.18. The molecule has 0 aromatic heterocycles. The molecule has 8 heteroatoms. The first-order valence-corrected chi connectivity index (χ1v) is 9.58. The summed E-state index contributed by atoms with van der Waals surface area (Å²) < 4.78 is 0. The van der Waals surface area contributed by atoms with Crippen molar-refractivity contribution in [2.75, 3.05) is 39.5 Å². The van der Waals surface area contributed by atoms with Gasteiger partial charge in [0.05, 0.1) is 24.3 Å². The lowest BCUT2D eigenvalue weighted by Gasteiger charge is -2.20. The minimum absolute atomic E-state index is 0.0574. The third kappa shape index (κ3) is 6.89. The number of rotatable bonds is 8. The molecule has 0 aliphatic carbocycles. The molecule has 7 nitrogen and oxygen atoms in total. The smallest absolute Gasteiger partial charge is 0.277 e. The van der Waals surface area contributed by atoms with Gasteiger partial charge in [0, 0.05) is 25.2 Å². The number of hydrogen-bond donors (Lipinski definition) is 3. The molecule has 0 saturated heterocycles. The quantitative estimate of drug-likeness (QED) is 0.594. The minimum atomic E-state index is -0.309. The fourth-order valence-corrected chi connectivity index (χ4v) is 2.96. The molecule has 0 spiro atoms. The Kier molecular flexibility index (Phi) is 8.18. The summed E-state index contributed by atoms with van der Waals surface area (Å²) in [6.45, 7) is 0.810. The predicted octanol–water partition coefficient (Wildman–Crippen LogP) is 0.811. The molecule has 2 aromatic rings. The maximum Gasteiger partial charge on any atom is 0.277 e. The van der Waals surface area contributed by atoms with Gasteiger partial charge >= 0.3 is 0 Å². The molecule has 0 radical (unpaired) electrons. The van der Waals surface area contributed by atoms with E-state index in [1.165, 1.54) is 4.90 Å². The number of hydrogen-bond acceptors (Lipinski definition) is 3. The highest BCUT2D eigenvalue weighted by atomic mass is 35.5. The SMILES string of the molecule is CNC(=O)c1ccc(C[NH+](C)CC(=O)N(C)CC(=O)Nc2ccccc2Cl)cc1. The van der Waals surface area contributed by atoms with E-state index in [1.807, 2.05) is 19.2 Å². The lowest BCUT2D eigenvalue weighted by atomic mass is 10.1. The highest BCUT2D eigenvalue weighted by Crippen LogP contribution is 2.20. The molecule has 2 aromatic carbocycles. The van der Waals surface area contributed by atoms with Crippen molar-refractivity contribution in [3.63, 3.8) is 0 Å². The molecule has 0 saturated carbocycles. The molecule has 3 N–H and O–H groups in total. The van der Waals surface area contributed by atoms with Gasteiger partial charge in [-0.3, -0.25) is 14.4 Å². The van der Waals surface area contributed by atoms with Gasteiger partial charge in [-0.25, -0.2) is 0 Å². The fraction of sp³-hybridized carbons (Fsp3) is 0.286. The molecule has 0 heterocycles. The Morgan fingerprint density at radius 1 is 1.07 bits per heavy atom. The molecule has 1 unspecified atom stereocenters. The van der Waals surface area contributed by atoms with E-state index in [0.29, 0.717) is 22.8 Å². The number of benzene rings is 2. The summed E-state index contributed by atoms with van der Waals surface area (Å²) in [5, 5.41) is 5.73. The molecule has 29 heavy (non-hydrogen) atoms. The summed E-state index contributed by atoms with van der Waals surface area (Å²) in [6, 6.07) is 14.2. The summed E-state index contributed by atoms with van der Waals surface area (Å²) in [5.74, 6) is -0.584. The van der Waals surface area contributed by atoms with Gasteiger partial charge in [0.15, 0.2) is 6.54 Å². The number of anilines is 1. The number of amides is 3. The van der Waals surface area contributed by atoms with Crippen LogP contribution in [-0.4, -0.2) is 56.9 Å². The Labute approximate surface area is 175 Å². The molecular weight excluding hydrogens is 392 g/mol. The van der Waals surface area contributed by atoms with Gasteiger partial charge in [-0.2, -0.15) is 0 Å². The van der Waals surface area contributed by atoms with Gasteiger partial charge in [-0.1, -0.05) is 35.9 Å². The monoisotopic (exact) mass is 417 g/mol. The molecular formula is C21H26ClN4O3+. The van der Waals surface area contributed by atoms with Crippen molar-refractivity contribution in [1.29, 1.82) is 0 Å². The van der Waals surface area contributed by atoms with Crippen LogP contribution in [0.4, 0.5) is 5.69 Å². The third-order valence-electron chi connectivity index (χ3n) is 4.36. The van der Waals surface area contributed by atoms with E-state index >= 15 is 0 Å². The van der Waals surface area contributed by atoms with Crippen LogP contribution in [0.5, 0.6) is 0 Å². The summed E-state index contributed by atoms with van der Waals surface area (Å²) in [5.41, 5.74) is 2.12. The zero-order valence-electron chi connectivity index (χ0n) is 16.8. The first kappa shape index (κ1) is 22.4. The van der Waals surface area contributed by atoms with Crippen LogP contribution >= 0.6 is 11.6 Å². The Hall–Kier alpha value is -2.90. The molecule has 3 amide bonds. The van der Waals surface area contributed by atoms with E-state index in [0.717, 1.165) is 10.5 Å². The van der Waals surface area contributed by atoms with Crippen molar-refractivity contribution in [2.45, 2.75) is 6.54 Å². The highest BCUT2D eigenvalue weighted by molar-refractivity contribution is 6.33. The third-order valence-corrected chi connectivity index (χ3v) is 4.69. The van der Waals surface area contributed by atoms with Crippen molar-refractivity contribution in [3.8, 4) is 0 Å². The van der Waals surface area contributed by atoms with Crippen LogP contribution in [0.25, 0.3) is 0 Å². The van der Waals surface area contributed by atoms with Crippen LogP contribution in [0.3, 0.4) is 0 Å². The zero-order chi connectivity index (χ0) is 21.4. The van der Waals surface area contributed by atoms with Crippen LogP contribution in [0.15, 0.2) is 48.5 Å². The van der Waals surface area contributed by atoms with Crippen LogP contribution in [0.1, 0.15) is 15.9 Å². The number of likely N-dealkylation sites (N-methyl/N-ethyl adjacent to an activating group) is 2. The first-order valence-electron chi connectivity index (χ1n) is 9.20. The van der Waals surface area contributed by atoms with Gasteiger partial charge in [0.1, 0.15) is 6.54 Å². The summed E-state index contributed by atoms with van der Waals surface area (Å²) >= 11 is 6.03. The average molecular weight is 418 g/mol. The number of quaternary nitrogens is 1. The molecule has 0 aliphatic rings. The number of halogens is 1. The molecule has 1 atom stereocenters. The van der Waals surface area contributed by atoms with E-state index < -0.39 is 0 Å². The van der Waals surface area contributed by atoms with Crippen molar-refractivity contribution >= 4 is 35.0 Å². The number of carbonyl (C=O) groups excluding carboxylic acids is 3. The fourth-order valence-electron chi connectivity index (χ4n) is 2.78. The maximum absolute atomic E-state index is 12.4. The molecule has 2 rings (SSSR count). The molecule has 0 bridgehead atoms. The number of para-hydroxylation sites is 1. The van der Waals surface area contributed by atoms with Gasteiger partial charge in [-0.05, 0) is 24.3 Å². The second-order valence-electron chi connectivity index (χ2n) is 6.86. The maximum atomic E-state index is 12.4. The lowest BCUT2D eigenvalue weighted by molar-refractivity contribution is -0.885. The summed E-state index contributed by atoms with van der Waals surface area (Å²) in [7, 11) is 5.09. The van der Waals surface area contributed by atoms with Crippen LogP contribution in [0, 0.1) is 0 Å². The number of carbonyl (C=O) groups is 3. The Bertz CT molecular complexity index is 870. The first-order chi connectivity index (χ1) is 13.8. The summed E-state index contributed by atoms with van der Waals surface area (Å²) in [4.78, 5) is 38.5. The second-order valence-corrected chi connectivity index (χ2v) is 7.27. The van der Waals surface area contributed by atoms with E-state index in [4.69, 9.17) is 11.6 Å². The topological polar surface area (TPSA) is 83.0 Å². The van der Waals surface area contributed by atoms with Crippen molar-refractivity contribution in [2.24, 2.45) is 0 Å². The Morgan fingerprint density at radius 3 is 2.34 bits per heavy atom. The van der Waals surface area contributed by atoms with Gasteiger partial charge in [-0.15, -0.1) is 0 Å². The van der Waals surface area contributed by atoms with Crippen LogP contribution < -0.4 is 15.5 Å². The van der Waals surface area contributed by atoms with Crippen molar-refractivity contribution in [1.82, 2.24) is 10.2 Å². The number of nitrogens with zero attached hydrogens (tertiary/aromatic N) is 1. The largest absolute Gasteiger partial charge is 0.355 e. The van der Waals surface area contributed by atoms with Gasteiger partial charge in [0.2, 0.25) is 5.91 Å². The zero-order valence-corrected chi connectivity index (χ0v) is 17.5. The molecule has 0 fully saturated rings. The normalized spacial score (nSPS) is 11.4. The van der Waals surface area contributed by atoms with Crippen LogP contribution in [-0.2, 0) is 16.1 Å². The standard InChI is InChI=1S/C21H25ClN4O3/c1-23-21(29)16-10-8-15(9-11-16)12-25(2)14-20(28)26(3)13-19(27)24-18-7-5-4-6-17(18)22/h4-11H,12-14H2,1-3H3,(H,23,29)(H,24,27)/p+1. The summed E-state index contributed by atoms with van der Waals surface area (Å²) in [6.07, 6.45) is 0. The van der Waals surface area contributed by atoms with Gasteiger partial charge < -0.3 is 20.4 Å².